The molecule has 2 aromatic carbocycles. The van der Waals surface area contributed by atoms with Crippen LogP contribution >= 0.6 is 0 Å². The van der Waals surface area contributed by atoms with Crippen LogP contribution in [0.4, 0.5) is 13.6 Å². The average molecular weight is 487 g/mol. The predicted octanol–water partition coefficient (Wildman–Crippen LogP) is 4.12. The van der Waals surface area contributed by atoms with Gasteiger partial charge >= 0.3 is 12.1 Å². The molecule has 2 amide bonds. The number of alkyl carbamates (subject to hydrolysis) is 1. The number of aliphatic carboxylic acids is 1. The predicted molar refractivity (Wildman–Crippen MR) is 124 cm³/mol. The van der Waals surface area contributed by atoms with Crippen molar-refractivity contribution in [2.24, 2.45) is 11.8 Å². The highest BCUT2D eigenvalue weighted by Gasteiger charge is 2.36. The minimum absolute atomic E-state index is 0.0166. The van der Waals surface area contributed by atoms with E-state index in [1.165, 1.54) is 4.90 Å². The molecule has 0 spiro atoms. The van der Waals surface area contributed by atoms with E-state index in [0.717, 1.165) is 22.3 Å². The molecule has 3 atom stereocenters. The third-order valence-electron chi connectivity index (χ3n) is 6.67. The molecule has 1 saturated heterocycles. The van der Waals surface area contributed by atoms with Crippen LogP contribution < -0.4 is 5.32 Å². The van der Waals surface area contributed by atoms with Crippen molar-refractivity contribution in [3.05, 3.63) is 59.7 Å². The van der Waals surface area contributed by atoms with Gasteiger partial charge in [0.25, 0.3) is 0 Å². The third-order valence-corrected chi connectivity index (χ3v) is 6.67. The molecular weight excluding hydrogens is 458 g/mol. The van der Waals surface area contributed by atoms with Gasteiger partial charge in [-0.05, 0) is 34.6 Å². The molecule has 2 aromatic rings. The number of alkyl halides is 2. The number of carbonyl (C=O) groups is 3. The molecule has 3 unspecified atom stereocenters. The number of hydrogen-bond acceptors (Lipinski definition) is 4. The van der Waals surface area contributed by atoms with Gasteiger partial charge in [-0.2, -0.15) is 0 Å². The molecule has 186 valence electrons. The number of ether oxygens (including phenoxy) is 1. The molecule has 1 aliphatic heterocycles. The average Bonchev–Trinajstić information content (AvgIpc) is 3.15. The highest BCUT2D eigenvalue weighted by molar-refractivity contribution is 5.86. The van der Waals surface area contributed by atoms with E-state index in [4.69, 9.17) is 4.74 Å². The highest BCUT2D eigenvalue weighted by atomic mass is 19.3. The summed E-state index contributed by atoms with van der Waals surface area (Å²) in [6, 6.07) is 14.1. The van der Waals surface area contributed by atoms with Gasteiger partial charge < -0.3 is 20.1 Å². The van der Waals surface area contributed by atoms with E-state index in [1.807, 2.05) is 48.5 Å². The van der Waals surface area contributed by atoms with Crippen molar-refractivity contribution in [2.45, 2.75) is 38.2 Å². The second kappa shape index (κ2) is 10.4. The molecule has 2 aliphatic rings. The summed E-state index contributed by atoms with van der Waals surface area (Å²) < 4.78 is 31.9. The lowest BCUT2D eigenvalue weighted by atomic mass is 9.90. The van der Waals surface area contributed by atoms with E-state index < -0.39 is 42.8 Å². The van der Waals surface area contributed by atoms with Crippen LogP contribution in [-0.4, -0.2) is 60.1 Å². The lowest BCUT2D eigenvalue weighted by molar-refractivity contribution is -0.147. The smallest absolute Gasteiger partial charge is 0.407 e. The van der Waals surface area contributed by atoms with Crippen LogP contribution in [0.3, 0.4) is 0 Å². The third kappa shape index (κ3) is 5.44. The standard InChI is InChI=1S/C26H28F2N2O5/c1-15-10-16(25(32)33)13-30(12-15)24(31)22(11-23(27)28)29-26(34)35-14-21-19-8-4-2-6-17(19)18-7-3-5-9-20(18)21/h2-9,15-16,21-23H,10-14H2,1H3,(H,29,34)(H,32,33). The summed E-state index contributed by atoms with van der Waals surface area (Å²) in [7, 11) is 0. The first-order valence-corrected chi connectivity index (χ1v) is 11.7. The Balaban J connectivity index is 1.43. The molecule has 0 saturated carbocycles. The minimum Gasteiger partial charge on any atom is -0.481 e. The Bertz CT molecular complexity index is 1060. The van der Waals surface area contributed by atoms with Crippen LogP contribution in [0.15, 0.2) is 48.5 Å². The van der Waals surface area contributed by atoms with Gasteiger partial charge in [0.05, 0.1) is 5.92 Å². The Morgan fingerprint density at radius 1 is 1.06 bits per heavy atom. The van der Waals surface area contributed by atoms with Crippen LogP contribution in [0.25, 0.3) is 11.1 Å². The minimum atomic E-state index is -2.84. The zero-order chi connectivity index (χ0) is 25.1. The SMILES string of the molecule is CC1CC(C(=O)O)CN(C(=O)C(CC(F)F)NC(=O)OCC2c3ccccc3-c3ccccc32)C1. The van der Waals surface area contributed by atoms with E-state index in [9.17, 15) is 28.3 Å². The van der Waals surface area contributed by atoms with Gasteiger partial charge in [0, 0.05) is 25.4 Å². The molecule has 1 aliphatic carbocycles. The van der Waals surface area contributed by atoms with E-state index >= 15 is 0 Å². The van der Waals surface area contributed by atoms with Gasteiger partial charge in [-0.25, -0.2) is 13.6 Å². The number of halogens is 2. The fraction of sp³-hybridized carbons (Fsp3) is 0.423. The maximum absolute atomic E-state index is 13.2. The van der Waals surface area contributed by atoms with Gasteiger partial charge in [-0.3, -0.25) is 9.59 Å². The number of hydrogen-bond donors (Lipinski definition) is 2. The maximum Gasteiger partial charge on any atom is 0.407 e. The molecule has 0 bridgehead atoms. The van der Waals surface area contributed by atoms with E-state index in [1.54, 1.807) is 6.92 Å². The van der Waals surface area contributed by atoms with Crippen LogP contribution in [0, 0.1) is 11.8 Å². The first-order chi connectivity index (χ1) is 16.7. The molecule has 0 radical (unpaired) electrons. The molecule has 2 N–H and O–H groups in total. The Kier molecular flexibility index (Phi) is 7.33. The normalized spacial score (nSPS) is 20.2. The molecule has 1 heterocycles. The van der Waals surface area contributed by atoms with Gasteiger partial charge in [-0.15, -0.1) is 0 Å². The van der Waals surface area contributed by atoms with Crippen molar-refractivity contribution in [3.63, 3.8) is 0 Å². The van der Waals surface area contributed by atoms with Crippen molar-refractivity contribution < 1.29 is 33.0 Å². The summed E-state index contributed by atoms with van der Waals surface area (Å²) in [5.74, 6) is -2.85. The number of rotatable bonds is 7. The number of carboxylic acid groups (broad SMARTS) is 1. The number of fused-ring (bicyclic) bond motifs is 3. The Morgan fingerprint density at radius 2 is 1.66 bits per heavy atom. The summed E-state index contributed by atoms with van der Waals surface area (Å²) in [6.45, 7) is 1.95. The number of benzene rings is 2. The van der Waals surface area contributed by atoms with Gasteiger partial charge in [-0.1, -0.05) is 55.5 Å². The zero-order valence-electron chi connectivity index (χ0n) is 19.3. The summed E-state index contributed by atoms with van der Waals surface area (Å²) in [5, 5.41) is 11.6. The number of amides is 2. The summed E-state index contributed by atoms with van der Waals surface area (Å²) in [4.78, 5) is 38.3. The van der Waals surface area contributed by atoms with Crippen LogP contribution in [-0.2, 0) is 14.3 Å². The fourth-order valence-electron chi connectivity index (χ4n) is 5.11. The number of carboxylic acids is 1. The number of carbonyl (C=O) groups excluding carboxylic acids is 2. The summed E-state index contributed by atoms with van der Waals surface area (Å²) >= 11 is 0. The second-order valence-corrected chi connectivity index (χ2v) is 9.27. The Labute approximate surface area is 202 Å². The van der Waals surface area contributed by atoms with Gasteiger partial charge in [0.2, 0.25) is 12.3 Å². The fourth-order valence-corrected chi connectivity index (χ4v) is 5.11. The number of piperidine rings is 1. The molecule has 1 fully saturated rings. The molecule has 0 aromatic heterocycles. The summed E-state index contributed by atoms with van der Waals surface area (Å²) in [6.07, 6.45) is -4.29. The van der Waals surface area contributed by atoms with E-state index in [2.05, 4.69) is 5.32 Å². The van der Waals surface area contributed by atoms with E-state index in [-0.39, 0.29) is 31.5 Å². The highest BCUT2D eigenvalue weighted by Crippen LogP contribution is 2.44. The molecule has 4 rings (SSSR count). The van der Waals surface area contributed by atoms with Crippen molar-refractivity contribution in [3.8, 4) is 11.1 Å². The van der Waals surface area contributed by atoms with Gasteiger partial charge in [0.15, 0.2) is 0 Å². The first kappa shape index (κ1) is 24.6. The van der Waals surface area contributed by atoms with Crippen molar-refractivity contribution >= 4 is 18.0 Å². The Hall–Kier alpha value is -3.49. The Morgan fingerprint density at radius 3 is 2.23 bits per heavy atom. The van der Waals surface area contributed by atoms with Crippen molar-refractivity contribution in [2.75, 3.05) is 19.7 Å². The van der Waals surface area contributed by atoms with Crippen LogP contribution in [0.5, 0.6) is 0 Å². The van der Waals surface area contributed by atoms with Crippen LogP contribution in [0.1, 0.15) is 36.8 Å². The molecular formula is C26H28F2N2O5. The monoisotopic (exact) mass is 486 g/mol. The summed E-state index contributed by atoms with van der Waals surface area (Å²) in [5.41, 5.74) is 4.11. The number of likely N-dealkylation sites (tertiary alicyclic amines) is 1. The van der Waals surface area contributed by atoms with Crippen molar-refractivity contribution in [1.29, 1.82) is 0 Å². The quantitative estimate of drug-likeness (QED) is 0.614. The lowest BCUT2D eigenvalue weighted by Gasteiger charge is -2.36. The zero-order valence-corrected chi connectivity index (χ0v) is 19.3. The molecule has 7 nitrogen and oxygen atoms in total. The molecule has 9 heteroatoms. The van der Waals surface area contributed by atoms with Crippen LogP contribution in [0.2, 0.25) is 0 Å². The van der Waals surface area contributed by atoms with Gasteiger partial charge in [0.1, 0.15) is 12.6 Å². The first-order valence-electron chi connectivity index (χ1n) is 11.7. The molecule has 35 heavy (non-hydrogen) atoms. The van der Waals surface area contributed by atoms with E-state index in [0.29, 0.717) is 6.42 Å². The second-order valence-electron chi connectivity index (χ2n) is 9.27. The number of nitrogens with one attached hydrogen (secondary N) is 1. The lowest BCUT2D eigenvalue weighted by Crippen LogP contribution is -2.54. The topological polar surface area (TPSA) is 95.9 Å². The van der Waals surface area contributed by atoms with Crippen molar-refractivity contribution in [1.82, 2.24) is 10.2 Å². The number of nitrogens with zero attached hydrogens (tertiary/aromatic N) is 1. The maximum atomic E-state index is 13.2. The largest absolute Gasteiger partial charge is 0.481 e.